The Balaban J connectivity index is 2.08. The molecular formula is C15H22N2O4S. The highest BCUT2D eigenvalue weighted by atomic mass is 32.2. The predicted octanol–water partition coefficient (Wildman–Crippen LogP) is 2.49. The summed E-state index contributed by atoms with van der Waals surface area (Å²) in [5, 5.41) is 10.6. The van der Waals surface area contributed by atoms with Crippen LogP contribution in [-0.4, -0.2) is 43.1 Å². The third-order valence-electron chi connectivity index (χ3n) is 4.18. The number of rotatable bonds is 5. The second kappa shape index (κ2) is 6.75. The normalized spacial score (nSPS) is 21.5. The standard InChI is InChI=1S/C15H22N2O4S/c1-12-4-3-9-16(10-12)13(2)11-22(20,21)15-7-5-14(6-8-15)17(18)19/h5-8,12-13H,3-4,9-11H2,1-2H3/t12-,13+/m1/s1. The van der Waals surface area contributed by atoms with Gasteiger partial charge in [-0.05, 0) is 44.4 Å². The Labute approximate surface area is 131 Å². The van der Waals surface area contributed by atoms with Crippen LogP contribution in [0.25, 0.3) is 0 Å². The molecule has 0 aliphatic carbocycles. The number of benzene rings is 1. The molecule has 1 aromatic carbocycles. The molecule has 22 heavy (non-hydrogen) atoms. The van der Waals surface area contributed by atoms with E-state index in [0.717, 1.165) is 19.5 Å². The molecule has 0 N–H and O–H groups in total. The van der Waals surface area contributed by atoms with Gasteiger partial charge in [0.25, 0.3) is 5.69 Å². The number of nitro benzene ring substituents is 1. The van der Waals surface area contributed by atoms with Gasteiger partial charge >= 0.3 is 0 Å². The fourth-order valence-electron chi connectivity index (χ4n) is 2.92. The molecule has 0 aromatic heterocycles. The number of likely N-dealkylation sites (tertiary alicyclic amines) is 1. The Kier molecular flexibility index (Phi) is 5.18. The third-order valence-corrected chi connectivity index (χ3v) is 6.09. The number of hydrogen-bond donors (Lipinski definition) is 0. The highest BCUT2D eigenvalue weighted by Gasteiger charge is 2.26. The molecule has 1 aromatic rings. The van der Waals surface area contributed by atoms with Crippen LogP contribution in [0.5, 0.6) is 0 Å². The van der Waals surface area contributed by atoms with E-state index in [4.69, 9.17) is 0 Å². The first-order valence-electron chi connectivity index (χ1n) is 7.51. The van der Waals surface area contributed by atoms with Gasteiger partial charge < -0.3 is 0 Å². The van der Waals surface area contributed by atoms with Crippen LogP contribution in [0.1, 0.15) is 26.7 Å². The van der Waals surface area contributed by atoms with E-state index in [2.05, 4.69) is 11.8 Å². The number of hydrogen-bond acceptors (Lipinski definition) is 5. The molecular weight excluding hydrogens is 304 g/mol. The lowest BCUT2D eigenvalue weighted by molar-refractivity contribution is -0.384. The van der Waals surface area contributed by atoms with Gasteiger partial charge in [0.2, 0.25) is 0 Å². The lowest BCUT2D eigenvalue weighted by Gasteiger charge is -2.35. The highest BCUT2D eigenvalue weighted by Crippen LogP contribution is 2.21. The molecule has 7 heteroatoms. The summed E-state index contributed by atoms with van der Waals surface area (Å²) in [6.07, 6.45) is 2.29. The van der Waals surface area contributed by atoms with Crippen LogP contribution in [0.15, 0.2) is 29.2 Å². The second-order valence-electron chi connectivity index (χ2n) is 6.12. The molecule has 0 spiro atoms. The summed E-state index contributed by atoms with van der Waals surface area (Å²) in [4.78, 5) is 12.5. The Hall–Kier alpha value is -1.47. The minimum Gasteiger partial charge on any atom is -0.299 e. The molecule has 2 atom stereocenters. The van der Waals surface area contributed by atoms with Crippen LogP contribution in [0, 0.1) is 16.0 Å². The van der Waals surface area contributed by atoms with Gasteiger partial charge in [0.15, 0.2) is 9.84 Å². The van der Waals surface area contributed by atoms with E-state index in [0.29, 0.717) is 5.92 Å². The average molecular weight is 326 g/mol. The van der Waals surface area contributed by atoms with Gasteiger partial charge in [-0.15, -0.1) is 0 Å². The lowest BCUT2D eigenvalue weighted by Crippen LogP contribution is -2.43. The maximum Gasteiger partial charge on any atom is 0.269 e. The third kappa shape index (κ3) is 4.04. The fourth-order valence-corrected chi connectivity index (χ4v) is 4.51. The summed E-state index contributed by atoms with van der Waals surface area (Å²) in [5.41, 5.74) is -0.100. The van der Waals surface area contributed by atoms with E-state index in [9.17, 15) is 18.5 Å². The number of non-ortho nitro benzene ring substituents is 1. The fraction of sp³-hybridized carbons (Fsp3) is 0.600. The van der Waals surface area contributed by atoms with E-state index in [1.165, 1.54) is 30.7 Å². The summed E-state index contributed by atoms with van der Waals surface area (Å²) in [6.45, 7) is 5.98. The van der Waals surface area contributed by atoms with Crippen molar-refractivity contribution in [2.75, 3.05) is 18.8 Å². The van der Waals surface area contributed by atoms with Crippen LogP contribution in [-0.2, 0) is 9.84 Å². The van der Waals surface area contributed by atoms with Gasteiger partial charge in [0, 0.05) is 24.7 Å². The molecule has 1 heterocycles. The molecule has 1 saturated heterocycles. The van der Waals surface area contributed by atoms with Crippen molar-refractivity contribution in [2.45, 2.75) is 37.6 Å². The summed E-state index contributed by atoms with van der Waals surface area (Å²) in [5.74, 6) is 0.635. The summed E-state index contributed by atoms with van der Waals surface area (Å²) < 4.78 is 24.9. The minimum atomic E-state index is -3.43. The van der Waals surface area contributed by atoms with Gasteiger partial charge in [0.1, 0.15) is 0 Å². The van der Waals surface area contributed by atoms with Gasteiger partial charge in [-0.2, -0.15) is 0 Å². The van der Waals surface area contributed by atoms with Crippen molar-refractivity contribution in [3.8, 4) is 0 Å². The first kappa shape index (κ1) is 16.9. The quantitative estimate of drug-likeness (QED) is 0.613. The smallest absolute Gasteiger partial charge is 0.269 e. The van der Waals surface area contributed by atoms with Crippen molar-refractivity contribution in [3.05, 3.63) is 34.4 Å². The Bertz CT molecular complexity index is 627. The number of nitrogens with zero attached hydrogens (tertiary/aromatic N) is 2. The molecule has 1 fully saturated rings. The zero-order valence-corrected chi connectivity index (χ0v) is 13.8. The van der Waals surface area contributed by atoms with Crippen LogP contribution in [0.3, 0.4) is 0 Å². The zero-order chi connectivity index (χ0) is 16.3. The molecule has 0 amide bonds. The Morgan fingerprint density at radius 3 is 2.55 bits per heavy atom. The molecule has 6 nitrogen and oxygen atoms in total. The number of nitro groups is 1. The van der Waals surface area contributed by atoms with E-state index < -0.39 is 14.8 Å². The summed E-state index contributed by atoms with van der Waals surface area (Å²) >= 11 is 0. The maximum absolute atomic E-state index is 12.5. The SMILES string of the molecule is C[C@@H]1CCCN([C@@H](C)CS(=O)(=O)c2ccc([N+](=O)[O-])cc2)C1. The summed E-state index contributed by atoms with van der Waals surface area (Å²) in [7, 11) is -3.43. The second-order valence-corrected chi connectivity index (χ2v) is 8.16. The van der Waals surface area contributed by atoms with Crippen LogP contribution < -0.4 is 0 Å². The van der Waals surface area contributed by atoms with Crippen molar-refractivity contribution in [2.24, 2.45) is 5.92 Å². The van der Waals surface area contributed by atoms with E-state index in [1.807, 2.05) is 6.92 Å². The first-order valence-corrected chi connectivity index (χ1v) is 9.16. The van der Waals surface area contributed by atoms with E-state index in [-0.39, 0.29) is 22.4 Å². The Morgan fingerprint density at radius 2 is 2.00 bits per heavy atom. The lowest BCUT2D eigenvalue weighted by atomic mass is 9.99. The molecule has 122 valence electrons. The molecule has 0 radical (unpaired) electrons. The van der Waals surface area contributed by atoms with Crippen molar-refractivity contribution in [3.63, 3.8) is 0 Å². The van der Waals surface area contributed by atoms with E-state index in [1.54, 1.807) is 0 Å². The topological polar surface area (TPSA) is 80.5 Å². The number of piperidine rings is 1. The summed E-state index contributed by atoms with van der Waals surface area (Å²) in [6, 6.07) is 5.06. The van der Waals surface area contributed by atoms with Gasteiger partial charge in [0.05, 0.1) is 15.6 Å². The molecule has 0 unspecified atom stereocenters. The van der Waals surface area contributed by atoms with Gasteiger partial charge in [-0.25, -0.2) is 8.42 Å². The van der Waals surface area contributed by atoms with Crippen molar-refractivity contribution < 1.29 is 13.3 Å². The predicted molar refractivity (Wildman–Crippen MR) is 84.6 cm³/mol. The van der Waals surface area contributed by atoms with Gasteiger partial charge in [-0.3, -0.25) is 15.0 Å². The Morgan fingerprint density at radius 1 is 1.36 bits per heavy atom. The van der Waals surface area contributed by atoms with E-state index >= 15 is 0 Å². The first-order chi connectivity index (χ1) is 10.3. The van der Waals surface area contributed by atoms with Crippen LogP contribution >= 0.6 is 0 Å². The van der Waals surface area contributed by atoms with Crippen molar-refractivity contribution in [1.29, 1.82) is 0 Å². The average Bonchev–Trinajstić information content (AvgIpc) is 2.47. The molecule has 1 aliphatic heterocycles. The molecule has 0 saturated carbocycles. The van der Waals surface area contributed by atoms with Crippen LogP contribution in [0.2, 0.25) is 0 Å². The molecule has 0 bridgehead atoms. The molecule has 1 aliphatic rings. The van der Waals surface area contributed by atoms with Crippen molar-refractivity contribution in [1.82, 2.24) is 4.90 Å². The zero-order valence-electron chi connectivity index (χ0n) is 12.9. The van der Waals surface area contributed by atoms with Crippen LogP contribution in [0.4, 0.5) is 5.69 Å². The largest absolute Gasteiger partial charge is 0.299 e. The highest BCUT2D eigenvalue weighted by molar-refractivity contribution is 7.91. The monoisotopic (exact) mass is 326 g/mol. The minimum absolute atomic E-state index is 0.0392. The number of sulfone groups is 1. The van der Waals surface area contributed by atoms with Crippen molar-refractivity contribution >= 4 is 15.5 Å². The molecule has 2 rings (SSSR count). The maximum atomic E-state index is 12.5. The van der Waals surface area contributed by atoms with Gasteiger partial charge in [-0.1, -0.05) is 6.92 Å².